The van der Waals surface area contributed by atoms with E-state index in [9.17, 15) is 48.7 Å². The van der Waals surface area contributed by atoms with Crippen molar-refractivity contribution >= 4 is 22.0 Å². The van der Waals surface area contributed by atoms with Gasteiger partial charge >= 0.3 is 24.6 Å². The van der Waals surface area contributed by atoms with Gasteiger partial charge in [-0.05, 0) is 48.5 Å². The highest BCUT2D eigenvalue weighted by atomic mass is 79.9. The Morgan fingerprint density at radius 1 is 0.529 bits per heavy atom. The van der Waals surface area contributed by atoms with Gasteiger partial charge in [-0.3, -0.25) is 4.79 Å². The fourth-order valence-electron chi connectivity index (χ4n) is 2.06. The van der Waals surface area contributed by atoms with Gasteiger partial charge in [0, 0.05) is 4.47 Å². The predicted molar refractivity (Wildman–Crippen MR) is 107 cm³/mol. The summed E-state index contributed by atoms with van der Waals surface area (Å²) in [5, 5.41) is 0. The molecule has 0 N–H and O–H groups in total. The zero-order valence-electron chi connectivity index (χ0n) is 16.6. The molecule has 3 rings (SSSR count). The Hall–Kier alpha value is -2.89. The fraction of sp³-hybridized carbons (Fsp3) is 0.136. The van der Waals surface area contributed by atoms with E-state index in [-0.39, 0.29) is 5.56 Å². The molecule has 0 fully saturated rings. The minimum absolute atomic E-state index is 0.381. The van der Waals surface area contributed by atoms with Crippen molar-refractivity contribution in [2.75, 3.05) is 0 Å². The topological polar surface area (TPSA) is 17.1 Å². The summed E-state index contributed by atoms with van der Waals surface area (Å²) in [5.41, 5.74) is -2.51. The summed E-state index contributed by atoms with van der Waals surface area (Å²) in [6.07, 6.45) is -12.9. The normalized spacial score (nSPS) is 11.5. The first-order valence-corrected chi connectivity index (χ1v) is 9.63. The van der Waals surface area contributed by atoms with Crippen LogP contribution in [0.5, 0.6) is 0 Å². The molecule has 1 nitrogen and oxygen atoms in total. The molecule has 34 heavy (non-hydrogen) atoms. The molecular weight excluding hydrogens is 550 g/mol. The van der Waals surface area contributed by atoms with Crippen LogP contribution in [0.25, 0.3) is 0 Å². The second-order valence-electron chi connectivity index (χ2n) is 6.22. The molecule has 3 aromatic rings. The molecule has 0 atom stereocenters. The maximum absolute atomic E-state index is 11.9. The molecule has 0 unspecified atom stereocenters. The lowest BCUT2D eigenvalue weighted by Crippen LogP contribution is -2.04. The molecule has 0 amide bonds. The van der Waals surface area contributed by atoms with E-state index in [1.165, 1.54) is 24.3 Å². The molecular formula is C22H13BrF10O. The Morgan fingerprint density at radius 2 is 0.853 bits per heavy atom. The number of hydrogen-bond acceptors (Lipinski definition) is 1. The van der Waals surface area contributed by atoms with Crippen LogP contribution >= 0.6 is 15.9 Å². The molecule has 0 aliphatic heterocycles. The van der Waals surface area contributed by atoms with Gasteiger partial charge in [0.15, 0.2) is 0 Å². The summed E-state index contributed by atoms with van der Waals surface area (Å²) in [6, 6.07) is 12.3. The summed E-state index contributed by atoms with van der Waals surface area (Å²) in [6.45, 7) is 0. The van der Waals surface area contributed by atoms with Crippen LogP contribution in [-0.2, 0) is 18.5 Å². The highest BCUT2D eigenvalue weighted by Crippen LogP contribution is 2.30. The van der Waals surface area contributed by atoms with Crippen molar-refractivity contribution in [1.29, 1.82) is 0 Å². The van der Waals surface area contributed by atoms with Crippen LogP contribution in [-0.4, -0.2) is 6.04 Å². The number of hydrogen-bond donors (Lipinski definition) is 0. The first-order valence-electron chi connectivity index (χ1n) is 8.84. The van der Waals surface area contributed by atoms with Crippen molar-refractivity contribution in [3.05, 3.63) is 106 Å². The lowest BCUT2D eigenvalue weighted by molar-refractivity contribution is -0.138. The molecule has 0 aromatic heterocycles. The van der Waals surface area contributed by atoms with E-state index in [0.717, 1.165) is 36.4 Å². The second-order valence-corrected chi connectivity index (χ2v) is 7.13. The molecule has 0 spiro atoms. The van der Waals surface area contributed by atoms with E-state index in [1.807, 2.05) is 0 Å². The van der Waals surface area contributed by atoms with Gasteiger partial charge in [-0.1, -0.05) is 46.3 Å². The van der Waals surface area contributed by atoms with E-state index >= 15 is 0 Å². The van der Waals surface area contributed by atoms with Crippen molar-refractivity contribution in [3.8, 4) is 0 Å². The number of carbonyl (C=O) groups excluding carboxylic acids is 1. The van der Waals surface area contributed by atoms with Crippen LogP contribution in [0.3, 0.4) is 0 Å². The molecule has 0 bridgehead atoms. The zero-order valence-corrected chi connectivity index (χ0v) is 18.2. The Labute approximate surface area is 195 Å². The van der Waals surface area contributed by atoms with Gasteiger partial charge in [-0.15, -0.1) is 0 Å². The van der Waals surface area contributed by atoms with E-state index in [0.29, 0.717) is 16.6 Å². The van der Waals surface area contributed by atoms with Crippen LogP contribution in [0, 0.1) is 0 Å². The van der Waals surface area contributed by atoms with E-state index in [4.69, 9.17) is 0 Å². The molecule has 0 saturated carbocycles. The summed E-state index contributed by atoms with van der Waals surface area (Å²) in [7, 11) is 0. The number of alkyl halides is 9. The summed E-state index contributed by atoms with van der Waals surface area (Å²) < 4.78 is 119. The predicted octanol–water partition coefficient (Wildman–Crippen LogP) is 8.99. The second kappa shape index (κ2) is 12.0. The highest BCUT2D eigenvalue weighted by molar-refractivity contribution is 9.10. The van der Waals surface area contributed by atoms with Gasteiger partial charge in [0.05, 0.1) is 22.3 Å². The first-order chi connectivity index (χ1) is 15.5. The number of benzene rings is 3. The molecule has 3 aromatic carbocycles. The average molecular weight is 563 g/mol. The van der Waals surface area contributed by atoms with E-state index < -0.39 is 41.3 Å². The standard InChI is InChI=1S/C8H4F4O.C7H4BrF3.C7H5F3/c9-7(13)5-1-3-6(4-2-5)8(10,11)12;8-6-3-1-5(2-4-6)7(9,10)11;8-7(9,10)6-4-2-1-3-5-6/h1-4H;1-4H;1-5H. The van der Waals surface area contributed by atoms with E-state index in [2.05, 4.69) is 15.9 Å². The summed E-state index contributed by atoms with van der Waals surface area (Å²) in [4.78, 5) is 10.1. The first kappa shape index (κ1) is 29.1. The fourth-order valence-corrected chi connectivity index (χ4v) is 2.32. The smallest absolute Gasteiger partial charge is 0.255 e. The SMILES string of the molecule is FC(F)(F)c1ccc(Br)cc1.FC(F)(F)c1ccccc1.O=C(F)c1ccc(C(F)(F)F)cc1. The molecule has 184 valence electrons. The monoisotopic (exact) mass is 562 g/mol. The van der Waals surface area contributed by atoms with E-state index in [1.54, 1.807) is 6.07 Å². The van der Waals surface area contributed by atoms with Crippen LogP contribution < -0.4 is 0 Å². The number of halogens is 11. The van der Waals surface area contributed by atoms with Crippen LogP contribution in [0.2, 0.25) is 0 Å². The third kappa shape index (κ3) is 10.4. The zero-order chi connectivity index (χ0) is 26.2. The molecule has 0 aliphatic carbocycles. The van der Waals surface area contributed by atoms with Gasteiger partial charge in [-0.2, -0.15) is 43.9 Å². The van der Waals surface area contributed by atoms with Crippen molar-refractivity contribution in [1.82, 2.24) is 0 Å². The van der Waals surface area contributed by atoms with Gasteiger partial charge in [0.1, 0.15) is 0 Å². The van der Waals surface area contributed by atoms with Crippen LogP contribution in [0.4, 0.5) is 43.9 Å². The quantitative estimate of drug-likeness (QED) is 0.214. The van der Waals surface area contributed by atoms with Gasteiger partial charge in [0.2, 0.25) is 0 Å². The van der Waals surface area contributed by atoms with Gasteiger partial charge in [0.25, 0.3) is 0 Å². The largest absolute Gasteiger partial charge is 0.416 e. The summed E-state index contributed by atoms with van der Waals surface area (Å²) in [5.74, 6) is 0. The molecule has 0 saturated heterocycles. The van der Waals surface area contributed by atoms with Crippen molar-refractivity contribution in [3.63, 3.8) is 0 Å². The lowest BCUT2D eigenvalue weighted by atomic mass is 10.1. The van der Waals surface area contributed by atoms with Gasteiger partial charge < -0.3 is 0 Å². The Morgan fingerprint density at radius 3 is 1.15 bits per heavy atom. The molecule has 0 radical (unpaired) electrons. The van der Waals surface area contributed by atoms with Crippen LogP contribution in [0.1, 0.15) is 27.0 Å². The number of carbonyl (C=O) groups is 1. The average Bonchev–Trinajstić information content (AvgIpc) is 2.74. The maximum atomic E-state index is 11.9. The molecule has 12 heteroatoms. The molecule has 0 heterocycles. The Kier molecular flexibility index (Phi) is 10.3. The van der Waals surface area contributed by atoms with Gasteiger partial charge in [-0.25, -0.2) is 0 Å². The minimum Gasteiger partial charge on any atom is -0.255 e. The third-order valence-electron chi connectivity index (χ3n) is 3.71. The lowest BCUT2D eigenvalue weighted by Gasteiger charge is -2.05. The van der Waals surface area contributed by atoms with Crippen LogP contribution in [0.15, 0.2) is 83.3 Å². The minimum atomic E-state index is -4.46. The maximum Gasteiger partial charge on any atom is 0.416 e. The van der Waals surface area contributed by atoms with Crippen molar-refractivity contribution in [2.24, 2.45) is 0 Å². The molecule has 0 aliphatic rings. The number of rotatable bonds is 1. The van der Waals surface area contributed by atoms with Crippen molar-refractivity contribution < 1.29 is 48.7 Å². The Balaban J connectivity index is 0.000000257. The summed E-state index contributed by atoms with van der Waals surface area (Å²) >= 11 is 3.04. The Bertz CT molecular complexity index is 1020. The van der Waals surface area contributed by atoms with Crippen molar-refractivity contribution in [2.45, 2.75) is 18.5 Å². The highest BCUT2D eigenvalue weighted by Gasteiger charge is 2.31. The third-order valence-corrected chi connectivity index (χ3v) is 4.24.